The number of hydrogen-bond acceptors (Lipinski definition) is 5. The van der Waals surface area contributed by atoms with Gasteiger partial charge in [-0.25, -0.2) is 9.78 Å². The van der Waals surface area contributed by atoms with Gasteiger partial charge in [0.1, 0.15) is 5.60 Å². The molecule has 126 valence electrons. The summed E-state index contributed by atoms with van der Waals surface area (Å²) in [5.41, 5.74) is 0.367. The van der Waals surface area contributed by atoms with Gasteiger partial charge in [-0.05, 0) is 45.8 Å². The molecule has 23 heavy (non-hydrogen) atoms. The average Bonchev–Trinajstić information content (AvgIpc) is 3.15. The molecular weight excluding hydrogens is 312 g/mol. The van der Waals surface area contributed by atoms with E-state index in [9.17, 15) is 9.59 Å². The number of hydrogen-bond donors (Lipinski definition) is 0. The quantitative estimate of drug-likeness (QED) is 0.774. The highest BCUT2D eigenvalue weighted by molar-refractivity contribution is 7.14. The highest BCUT2D eigenvalue weighted by atomic mass is 32.1. The molecule has 0 radical (unpaired) electrons. The number of amides is 1. The topological polar surface area (TPSA) is 59.5 Å². The molecule has 0 atom stereocenters. The molecule has 1 fully saturated rings. The molecule has 5 nitrogen and oxygen atoms in total. The molecule has 1 aromatic rings. The largest absolute Gasteiger partial charge is 0.444 e. The number of ether oxygens (including phenoxy) is 1. The highest BCUT2D eigenvalue weighted by Gasteiger charge is 2.23. The van der Waals surface area contributed by atoms with Gasteiger partial charge >= 0.3 is 6.09 Å². The summed E-state index contributed by atoms with van der Waals surface area (Å²) in [7, 11) is 0. The van der Waals surface area contributed by atoms with Crippen molar-refractivity contribution in [2.75, 3.05) is 13.1 Å². The van der Waals surface area contributed by atoms with E-state index >= 15 is 0 Å². The molecule has 0 N–H and O–H groups in total. The lowest BCUT2D eigenvalue weighted by Crippen LogP contribution is -2.34. The number of likely N-dealkylation sites (tertiary alicyclic amines) is 1. The van der Waals surface area contributed by atoms with Gasteiger partial charge in [0.2, 0.25) is 0 Å². The van der Waals surface area contributed by atoms with E-state index < -0.39 is 0 Å². The minimum Gasteiger partial charge on any atom is -0.444 e. The number of aldehydes is 1. The lowest BCUT2D eigenvalue weighted by atomic mass is 10.2. The van der Waals surface area contributed by atoms with E-state index in [1.165, 1.54) is 11.3 Å². The fourth-order valence-corrected chi connectivity index (χ4v) is 2.66. The van der Waals surface area contributed by atoms with Crippen LogP contribution in [0.2, 0.25) is 0 Å². The van der Waals surface area contributed by atoms with Crippen LogP contribution in [0.1, 0.15) is 54.0 Å². The third-order valence-electron chi connectivity index (χ3n) is 2.93. The van der Waals surface area contributed by atoms with E-state index in [1.807, 2.05) is 20.8 Å². The molecule has 0 unspecified atom stereocenters. The number of rotatable bonds is 3. The minimum absolute atomic E-state index is 0.167. The van der Waals surface area contributed by atoms with E-state index in [1.54, 1.807) is 17.1 Å². The van der Waals surface area contributed by atoms with Gasteiger partial charge in [0, 0.05) is 13.1 Å². The number of nitrogens with zero attached hydrogens (tertiary/aromatic N) is 2. The molecule has 1 amide bonds. The van der Waals surface area contributed by atoms with Crippen LogP contribution in [0, 0.1) is 0 Å². The summed E-state index contributed by atoms with van der Waals surface area (Å²) in [6, 6.07) is 0. The van der Waals surface area contributed by atoms with Gasteiger partial charge in [-0.1, -0.05) is 13.2 Å². The van der Waals surface area contributed by atoms with Crippen LogP contribution in [-0.4, -0.2) is 41.0 Å². The van der Waals surface area contributed by atoms with Crippen LogP contribution in [0.25, 0.3) is 12.2 Å². The first-order chi connectivity index (χ1) is 10.8. The maximum Gasteiger partial charge on any atom is 0.410 e. The summed E-state index contributed by atoms with van der Waals surface area (Å²) < 4.78 is 5.21. The van der Waals surface area contributed by atoms with E-state index in [0.717, 1.165) is 42.8 Å². The summed E-state index contributed by atoms with van der Waals surface area (Å²) in [4.78, 5) is 28.3. The molecule has 6 heteroatoms. The Morgan fingerprint density at radius 1 is 1.26 bits per heavy atom. The lowest BCUT2D eigenvalue weighted by Gasteiger charge is -2.23. The Balaban J connectivity index is 0.000000231. The first-order valence-corrected chi connectivity index (χ1v) is 8.31. The van der Waals surface area contributed by atoms with Gasteiger partial charge < -0.3 is 9.64 Å². The number of thiazole rings is 1. The summed E-state index contributed by atoms with van der Waals surface area (Å²) in [5.74, 6) is 0. The zero-order chi connectivity index (χ0) is 17.5. The molecule has 0 aliphatic carbocycles. The summed E-state index contributed by atoms with van der Waals surface area (Å²) in [5, 5.41) is 0.467. The third-order valence-corrected chi connectivity index (χ3v) is 3.93. The molecule has 2 rings (SSSR count). The maximum atomic E-state index is 11.4. The smallest absolute Gasteiger partial charge is 0.410 e. The number of carbonyl (C=O) groups excluding carboxylic acids is 2. The van der Waals surface area contributed by atoms with Gasteiger partial charge in [0.05, 0.1) is 10.6 Å². The monoisotopic (exact) mass is 336 g/mol. The number of carbonyl (C=O) groups is 2. The number of aromatic nitrogens is 1. The van der Waals surface area contributed by atoms with Gasteiger partial charge in [0.25, 0.3) is 0 Å². The summed E-state index contributed by atoms with van der Waals surface area (Å²) in [6.07, 6.45) is 6.06. The van der Waals surface area contributed by atoms with E-state index in [2.05, 4.69) is 18.1 Å². The Kier molecular flexibility index (Phi) is 7.16. The minimum atomic E-state index is -0.361. The molecule has 1 saturated heterocycles. The molecule has 1 aromatic heterocycles. The molecule has 0 spiro atoms. The van der Waals surface area contributed by atoms with Crippen LogP contribution < -0.4 is 0 Å². The SMILES string of the molecule is C=Cc1nc(C=O)sc1C=C.CC(C)(C)OC(=O)N1CCCC1. The third kappa shape index (κ3) is 6.36. The first-order valence-electron chi connectivity index (χ1n) is 7.49. The predicted molar refractivity (Wildman–Crippen MR) is 94.7 cm³/mol. The Morgan fingerprint density at radius 3 is 2.26 bits per heavy atom. The normalized spacial score (nSPS) is 13.8. The Bertz CT molecular complexity index is 541. The Labute approximate surface area is 141 Å². The van der Waals surface area contributed by atoms with Crippen LogP contribution in [0.15, 0.2) is 13.2 Å². The van der Waals surface area contributed by atoms with Crippen molar-refractivity contribution < 1.29 is 14.3 Å². The van der Waals surface area contributed by atoms with Crippen molar-refractivity contribution >= 4 is 35.9 Å². The van der Waals surface area contributed by atoms with Crippen molar-refractivity contribution in [3.8, 4) is 0 Å². The first kappa shape index (κ1) is 19.1. The average molecular weight is 336 g/mol. The molecular formula is C17H24N2O3S. The maximum absolute atomic E-state index is 11.4. The van der Waals surface area contributed by atoms with Crippen molar-refractivity contribution in [1.29, 1.82) is 0 Å². The zero-order valence-corrected chi connectivity index (χ0v) is 14.8. The van der Waals surface area contributed by atoms with E-state index in [-0.39, 0.29) is 11.7 Å². The van der Waals surface area contributed by atoms with Gasteiger partial charge in [0.15, 0.2) is 11.3 Å². The van der Waals surface area contributed by atoms with Crippen LogP contribution >= 0.6 is 11.3 Å². The van der Waals surface area contributed by atoms with Crippen LogP contribution in [0.3, 0.4) is 0 Å². The van der Waals surface area contributed by atoms with Crippen LogP contribution in [-0.2, 0) is 4.74 Å². The zero-order valence-electron chi connectivity index (χ0n) is 14.0. The summed E-state index contributed by atoms with van der Waals surface area (Å²) >= 11 is 1.32. The van der Waals surface area contributed by atoms with Crippen molar-refractivity contribution in [2.45, 2.75) is 39.2 Å². The molecule has 2 heterocycles. The van der Waals surface area contributed by atoms with Gasteiger partial charge in [-0.3, -0.25) is 4.79 Å². The second kappa shape index (κ2) is 8.62. The van der Waals surface area contributed by atoms with Gasteiger partial charge in [-0.2, -0.15) is 0 Å². The fourth-order valence-electron chi connectivity index (χ4n) is 1.93. The molecule has 1 aliphatic rings. The van der Waals surface area contributed by atoms with Crippen molar-refractivity contribution in [2.24, 2.45) is 0 Å². The lowest BCUT2D eigenvalue weighted by molar-refractivity contribution is 0.0295. The Morgan fingerprint density at radius 2 is 1.87 bits per heavy atom. The summed E-state index contributed by atoms with van der Waals surface area (Å²) in [6.45, 7) is 14.5. The van der Waals surface area contributed by atoms with Crippen molar-refractivity contribution in [3.05, 3.63) is 28.7 Å². The second-order valence-corrected chi connectivity index (χ2v) is 7.06. The predicted octanol–water partition coefficient (Wildman–Crippen LogP) is 4.26. The standard InChI is InChI=1S/C9H17NO2.C8H7NOS/c1-9(2,3)12-8(11)10-6-4-5-7-10;1-3-6-7(4-2)11-8(5-10)9-6/h4-7H2,1-3H3;3-5H,1-2H2. The van der Waals surface area contributed by atoms with E-state index in [0.29, 0.717) is 5.01 Å². The van der Waals surface area contributed by atoms with Crippen molar-refractivity contribution in [3.63, 3.8) is 0 Å². The van der Waals surface area contributed by atoms with Crippen molar-refractivity contribution in [1.82, 2.24) is 9.88 Å². The molecule has 0 bridgehead atoms. The molecule has 0 aromatic carbocycles. The van der Waals surface area contributed by atoms with Gasteiger partial charge in [-0.15, -0.1) is 11.3 Å². The molecule has 1 aliphatic heterocycles. The fraction of sp³-hybridized carbons (Fsp3) is 0.471. The highest BCUT2D eigenvalue weighted by Crippen LogP contribution is 2.19. The van der Waals surface area contributed by atoms with Crippen LogP contribution in [0.5, 0.6) is 0 Å². The van der Waals surface area contributed by atoms with E-state index in [4.69, 9.17) is 4.74 Å². The Hall–Kier alpha value is -1.95. The second-order valence-electron chi connectivity index (χ2n) is 6.00. The van der Waals surface area contributed by atoms with Crippen LogP contribution in [0.4, 0.5) is 4.79 Å². The molecule has 0 saturated carbocycles.